The van der Waals surface area contributed by atoms with E-state index in [1.807, 2.05) is 6.92 Å². The monoisotopic (exact) mass is 226 g/mol. The maximum atomic E-state index is 12.1. The van der Waals surface area contributed by atoms with Crippen LogP contribution in [0, 0.1) is 10.8 Å². The molecule has 2 aliphatic rings. The van der Waals surface area contributed by atoms with Gasteiger partial charge >= 0.3 is 5.97 Å². The van der Waals surface area contributed by atoms with E-state index in [0.29, 0.717) is 6.61 Å². The van der Waals surface area contributed by atoms with Crippen molar-refractivity contribution in [3.63, 3.8) is 0 Å². The molecule has 2 aliphatic carbocycles. The Balaban J connectivity index is 2.19. The van der Waals surface area contributed by atoms with Crippen LogP contribution >= 0.6 is 0 Å². The van der Waals surface area contributed by atoms with Gasteiger partial charge < -0.3 is 9.84 Å². The van der Waals surface area contributed by atoms with Gasteiger partial charge in [0, 0.05) is 0 Å². The molecule has 0 aromatic rings. The third-order valence-corrected chi connectivity index (χ3v) is 4.30. The summed E-state index contributed by atoms with van der Waals surface area (Å²) in [6.07, 6.45) is 4.05. The Morgan fingerprint density at radius 1 is 1.31 bits per heavy atom. The fourth-order valence-corrected chi connectivity index (χ4v) is 3.50. The first-order valence-electron chi connectivity index (χ1n) is 6.25. The van der Waals surface area contributed by atoms with Crippen molar-refractivity contribution in [2.24, 2.45) is 10.8 Å². The van der Waals surface area contributed by atoms with E-state index in [4.69, 9.17) is 4.74 Å². The predicted molar refractivity (Wildman–Crippen MR) is 60.9 cm³/mol. The molecule has 2 rings (SSSR count). The third-order valence-electron chi connectivity index (χ3n) is 4.30. The van der Waals surface area contributed by atoms with Crippen LogP contribution < -0.4 is 0 Å². The van der Waals surface area contributed by atoms with Crippen LogP contribution in [-0.2, 0) is 9.53 Å². The maximum Gasteiger partial charge on any atom is 0.315 e. The average Bonchev–Trinajstić information content (AvgIpc) is 2.10. The Morgan fingerprint density at radius 3 is 2.19 bits per heavy atom. The second-order valence-corrected chi connectivity index (χ2v) is 6.21. The minimum atomic E-state index is -0.783. The lowest BCUT2D eigenvalue weighted by molar-refractivity contribution is -0.229. The zero-order valence-electron chi connectivity index (χ0n) is 10.5. The minimum Gasteiger partial charge on any atom is -0.465 e. The molecule has 0 aliphatic heterocycles. The minimum absolute atomic E-state index is 0.165. The number of hydrogen-bond donors (Lipinski definition) is 1. The summed E-state index contributed by atoms with van der Waals surface area (Å²) < 4.78 is 5.17. The van der Waals surface area contributed by atoms with Gasteiger partial charge in [-0.05, 0) is 44.4 Å². The van der Waals surface area contributed by atoms with E-state index in [1.165, 1.54) is 0 Å². The first-order valence-corrected chi connectivity index (χ1v) is 6.25. The molecule has 16 heavy (non-hydrogen) atoms. The van der Waals surface area contributed by atoms with Crippen LogP contribution in [0.2, 0.25) is 0 Å². The van der Waals surface area contributed by atoms with E-state index in [1.54, 1.807) is 0 Å². The van der Waals surface area contributed by atoms with Crippen LogP contribution in [0.4, 0.5) is 0 Å². The molecule has 0 amide bonds. The lowest BCUT2D eigenvalue weighted by Crippen LogP contribution is -2.65. The van der Waals surface area contributed by atoms with Gasteiger partial charge in [-0.2, -0.15) is 0 Å². The van der Waals surface area contributed by atoms with Gasteiger partial charge in [0.1, 0.15) is 0 Å². The van der Waals surface area contributed by atoms with Crippen LogP contribution in [0.5, 0.6) is 0 Å². The van der Waals surface area contributed by atoms with Gasteiger partial charge in [0.15, 0.2) is 0 Å². The highest BCUT2D eigenvalue weighted by Gasteiger charge is 2.67. The fourth-order valence-electron chi connectivity index (χ4n) is 3.50. The number of esters is 1. The Kier molecular flexibility index (Phi) is 2.57. The molecule has 0 bridgehead atoms. The zero-order valence-corrected chi connectivity index (χ0v) is 10.5. The van der Waals surface area contributed by atoms with Crippen molar-refractivity contribution in [2.45, 2.75) is 58.5 Å². The van der Waals surface area contributed by atoms with E-state index in [2.05, 4.69) is 13.8 Å². The quantitative estimate of drug-likeness (QED) is 0.751. The summed E-state index contributed by atoms with van der Waals surface area (Å²) in [4.78, 5) is 12.1. The van der Waals surface area contributed by atoms with Crippen molar-refractivity contribution >= 4 is 5.97 Å². The predicted octanol–water partition coefficient (Wildman–Crippen LogP) is 2.27. The highest BCUT2D eigenvalue weighted by Crippen LogP contribution is 2.64. The number of hydrogen-bond acceptors (Lipinski definition) is 3. The fraction of sp³-hybridized carbons (Fsp3) is 0.923. The molecule has 3 heteroatoms. The molecule has 0 radical (unpaired) electrons. The highest BCUT2D eigenvalue weighted by atomic mass is 16.5. The summed E-state index contributed by atoms with van der Waals surface area (Å²) >= 11 is 0. The second kappa shape index (κ2) is 3.46. The van der Waals surface area contributed by atoms with Gasteiger partial charge in [-0.15, -0.1) is 0 Å². The molecule has 0 unspecified atom stereocenters. The summed E-state index contributed by atoms with van der Waals surface area (Å²) in [6, 6.07) is 0. The van der Waals surface area contributed by atoms with Crippen molar-refractivity contribution in [1.82, 2.24) is 0 Å². The Morgan fingerprint density at radius 2 is 1.88 bits per heavy atom. The molecular formula is C13H22O3. The van der Waals surface area contributed by atoms with Gasteiger partial charge in [0.05, 0.1) is 17.6 Å². The van der Waals surface area contributed by atoms with E-state index in [-0.39, 0.29) is 11.4 Å². The van der Waals surface area contributed by atoms with Crippen molar-refractivity contribution in [1.29, 1.82) is 0 Å². The molecular weight excluding hydrogens is 204 g/mol. The number of aliphatic hydroxyl groups is 1. The molecule has 2 fully saturated rings. The van der Waals surface area contributed by atoms with Crippen molar-refractivity contribution in [2.75, 3.05) is 6.61 Å². The van der Waals surface area contributed by atoms with Crippen LogP contribution in [0.15, 0.2) is 0 Å². The molecule has 0 heterocycles. The van der Waals surface area contributed by atoms with Gasteiger partial charge in [-0.3, -0.25) is 4.79 Å². The number of carbonyl (C=O) groups excluding carboxylic acids is 1. The molecule has 0 saturated heterocycles. The molecule has 0 aromatic heterocycles. The SMILES string of the molecule is CCOC(=O)C1(C2(O)CCC2)CC(C)(C)C1. The van der Waals surface area contributed by atoms with Crippen LogP contribution in [0.3, 0.4) is 0 Å². The Bertz CT molecular complexity index is 294. The second-order valence-electron chi connectivity index (χ2n) is 6.21. The normalized spacial score (nSPS) is 28.8. The Hall–Kier alpha value is -0.570. The topological polar surface area (TPSA) is 46.5 Å². The maximum absolute atomic E-state index is 12.1. The van der Waals surface area contributed by atoms with Gasteiger partial charge in [0.25, 0.3) is 0 Å². The summed E-state index contributed by atoms with van der Waals surface area (Å²) in [5.41, 5.74) is -1.22. The van der Waals surface area contributed by atoms with Crippen molar-refractivity contribution in [3.8, 4) is 0 Å². The lowest BCUT2D eigenvalue weighted by Gasteiger charge is -2.61. The van der Waals surface area contributed by atoms with Gasteiger partial charge in [0.2, 0.25) is 0 Å². The van der Waals surface area contributed by atoms with E-state index >= 15 is 0 Å². The smallest absolute Gasteiger partial charge is 0.315 e. The molecule has 3 nitrogen and oxygen atoms in total. The summed E-state index contributed by atoms with van der Waals surface area (Å²) in [6.45, 7) is 6.51. The van der Waals surface area contributed by atoms with Crippen LogP contribution in [0.25, 0.3) is 0 Å². The standard InChI is InChI=1S/C13H22O3/c1-4-16-10(14)12(8-11(2,3)9-12)13(15)6-5-7-13/h15H,4-9H2,1-3H3. The molecule has 0 aromatic carbocycles. The van der Waals surface area contributed by atoms with Crippen molar-refractivity contribution in [3.05, 3.63) is 0 Å². The highest BCUT2D eigenvalue weighted by molar-refractivity contribution is 5.80. The van der Waals surface area contributed by atoms with Crippen LogP contribution in [-0.4, -0.2) is 23.3 Å². The molecule has 1 N–H and O–H groups in total. The number of ether oxygens (including phenoxy) is 1. The van der Waals surface area contributed by atoms with Crippen LogP contribution in [0.1, 0.15) is 52.9 Å². The van der Waals surface area contributed by atoms with E-state index < -0.39 is 11.0 Å². The number of carbonyl (C=O) groups is 1. The molecule has 2 saturated carbocycles. The molecule has 0 atom stereocenters. The first-order chi connectivity index (χ1) is 7.35. The van der Waals surface area contributed by atoms with Gasteiger partial charge in [-0.1, -0.05) is 13.8 Å². The lowest BCUT2D eigenvalue weighted by atomic mass is 9.44. The van der Waals surface area contributed by atoms with Gasteiger partial charge in [-0.25, -0.2) is 0 Å². The Labute approximate surface area is 97.2 Å². The van der Waals surface area contributed by atoms with E-state index in [9.17, 15) is 9.90 Å². The largest absolute Gasteiger partial charge is 0.465 e. The van der Waals surface area contributed by atoms with E-state index in [0.717, 1.165) is 32.1 Å². The summed E-state index contributed by atoms with van der Waals surface area (Å²) in [7, 11) is 0. The zero-order chi connectivity index (χ0) is 12.0. The number of rotatable bonds is 3. The average molecular weight is 226 g/mol. The van der Waals surface area contributed by atoms with Crippen molar-refractivity contribution < 1.29 is 14.6 Å². The summed E-state index contributed by atoms with van der Waals surface area (Å²) in [5, 5.41) is 10.5. The summed E-state index contributed by atoms with van der Waals surface area (Å²) in [5.74, 6) is -0.184. The molecule has 92 valence electrons. The molecule has 0 spiro atoms. The first kappa shape index (κ1) is 11.9. The third kappa shape index (κ3) is 1.48.